The number of aliphatic hydroxyl groups excluding tert-OH is 1. The maximum Gasteiger partial charge on any atom is 0.225 e. The van der Waals surface area contributed by atoms with Crippen molar-refractivity contribution < 1.29 is 14.6 Å². The van der Waals surface area contributed by atoms with Crippen molar-refractivity contribution in [3.63, 3.8) is 0 Å². The second kappa shape index (κ2) is 22.1. The molecule has 0 saturated heterocycles. The number of carbonyl (C=O) groups excluding carboxylic acids is 1. The minimum absolute atomic E-state index is 0.0391. The average molecular weight is 524 g/mol. The SMILES string of the molecule is C=C1N=C(NC(=O)CCCCC/C=C\C/C=C\C/C=C\C/C=C\C/C=C\CC)C=CN1C(C)O[C@@H](C)CO. The zero-order chi connectivity index (χ0) is 27.8. The van der Waals surface area contributed by atoms with Gasteiger partial charge in [0.1, 0.15) is 17.9 Å². The van der Waals surface area contributed by atoms with Gasteiger partial charge in [0.25, 0.3) is 0 Å². The molecule has 0 aromatic carbocycles. The number of aliphatic hydroxyl groups is 1. The number of carbonyl (C=O) groups is 1. The first kappa shape index (κ1) is 33.1. The Hall–Kier alpha value is -2.96. The van der Waals surface area contributed by atoms with Gasteiger partial charge in [0.05, 0.1) is 12.7 Å². The number of aliphatic imine (C=N–C) groups is 1. The highest BCUT2D eigenvalue weighted by Gasteiger charge is 2.19. The first-order valence-electron chi connectivity index (χ1n) is 14.0. The number of amides is 1. The summed E-state index contributed by atoms with van der Waals surface area (Å²) in [7, 11) is 0. The van der Waals surface area contributed by atoms with Gasteiger partial charge in [0.2, 0.25) is 5.91 Å². The molecule has 1 aliphatic heterocycles. The number of hydrogen-bond acceptors (Lipinski definition) is 5. The fraction of sp³-hybridized carbons (Fsp3) is 0.500. The van der Waals surface area contributed by atoms with Crippen LogP contribution >= 0.6 is 0 Å². The molecule has 1 amide bonds. The molecule has 1 unspecified atom stereocenters. The van der Waals surface area contributed by atoms with Gasteiger partial charge in [-0.2, -0.15) is 0 Å². The standard InChI is InChI=1S/C32H49N3O3/c1-5-6-7-8-9-10-11-12-13-14-15-16-17-18-19-20-21-22-23-24-32(37)34-31-25-26-35(29(3)33-31)30(4)38-28(2)27-36/h6-7,9-10,12-13,15-16,18-19,25-26,28,30,36H,3,5,8,11,14,17,20-24,27H2,1-2,4H3,(H,33,34,37)/b7-6-,10-9-,13-12-,16-15-,19-18-/t28-,30?/m0/s1. The van der Waals surface area contributed by atoms with Crippen LogP contribution in [0.2, 0.25) is 0 Å². The molecule has 2 atom stereocenters. The van der Waals surface area contributed by atoms with Gasteiger partial charge >= 0.3 is 0 Å². The van der Waals surface area contributed by atoms with Gasteiger partial charge in [-0.15, -0.1) is 0 Å². The molecule has 0 aromatic rings. The van der Waals surface area contributed by atoms with Crippen molar-refractivity contribution in [2.75, 3.05) is 6.61 Å². The average Bonchev–Trinajstić information content (AvgIpc) is 2.89. The first-order valence-corrected chi connectivity index (χ1v) is 14.0. The van der Waals surface area contributed by atoms with E-state index in [1.165, 1.54) is 0 Å². The van der Waals surface area contributed by atoms with E-state index in [0.29, 0.717) is 18.1 Å². The smallest absolute Gasteiger partial charge is 0.225 e. The zero-order valence-corrected chi connectivity index (χ0v) is 23.7. The van der Waals surface area contributed by atoms with Gasteiger partial charge < -0.3 is 20.1 Å². The van der Waals surface area contributed by atoms with Crippen molar-refractivity contribution in [3.05, 3.63) is 85.4 Å². The highest BCUT2D eigenvalue weighted by atomic mass is 16.5. The Kier molecular flexibility index (Phi) is 19.2. The van der Waals surface area contributed by atoms with Gasteiger partial charge in [0, 0.05) is 12.6 Å². The van der Waals surface area contributed by atoms with E-state index in [0.717, 1.165) is 57.8 Å². The number of nitrogens with one attached hydrogen (secondary N) is 1. The molecule has 210 valence electrons. The summed E-state index contributed by atoms with van der Waals surface area (Å²) < 4.78 is 5.67. The van der Waals surface area contributed by atoms with Gasteiger partial charge in [0.15, 0.2) is 0 Å². The number of hydrogen-bond donors (Lipinski definition) is 2. The van der Waals surface area contributed by atoms with Crippen LogP contribution in [-0.2, 0) is 9.53 Å². The molecule has 0 spiro atoms. The third-order valence-corrected chi connectivity index (χ3v) is 5.72. The number of ether oxygens (including phenoxy) is 1. The number of rotatable bonds is 19. The monoisotopic (exact) mass is 523 g/mol. The molecule has 6 nitrogen and oxygen atoms in total. The molecule has 0 fully saturated rings. The third-order valence-electron chi connectivity index (χ3n) is 5.72. The van der Waals surface area contributed by atoms with Crippen LogP contribution in [0, 0.1) is 0 Å². The lowest BCUT2D eigenvalue weighted by Crippen LogP contribution is -2.37. The van der Waals surface area contributed by atoms with E-state index in [2.05, 4.69) is 84.6 Å². The first-order chi connectivity index (χ1) is 18.5. The molecule has 0 aliphatic carbocycles. The Balaban J connectivity index is 2.08. The molecule has 1 heterocycles. The Morgan fingerprint density at radius 2 is 1.55 bits per heavy atom. The molecule has 1 rings (SSSR count). The Morgan fingerprint density at radius 1 is 0.974 bits per heavy atom. The van der Waals surface area contributed by atoms with Crippen molar-refractivity contribution >= 4 is 11.7 Å². The van der Waals surface area contributed by atoms with E-state index in [1.54, 1.807) is 24.1 Å². The molecule has 38 heavy (non-hydrogen) atoms. The maximum absolute atomic E-state index is 12.2. The molecule has 6 heteroatoms. The topological polar surface area (TPSA) is 74.2 Å². The van der Waals surface area contributed by atoms with Crippen LogP contribution in [0.3, 0.4) is 0 Å². The lowest BCUT2D eigenvalue weighted by Gasteiger charge is -2.31. The van der Waals surface area contributed by atoms with Crippen molar-refractivity contribution in [2.24, 2.45) is 4.99 Å². The lowest BCUT2D eigenvalue weighted by molar-refractivity contribution is -0.119. The summed E-state index contributed by atoms with van der Waals surface area (Å²) in [4.78, 5) is 18.4. The van der Waals surface area contributed by atoms with Crippen LogP contribution in [0.1, 0.15) is 85.0 Å². The van der Waals surface area contributed by atoms with E-state index in [1.807, 2.05) is 6.92 Å². The summed E-state index contributed by atoms with van der Waals surface area (Å²) in [5, 5.41) is 12.0. The molecular formula is C32H49N3O3. The summed E-state index contributed by atoms with van der Waals surface area (Å²) in [5.74, 6) is 0.928. The predicted octanol–water partition coefficient (Wildman–Crippen LogP) is 7.25. The molecule has 1 aliphatic rings. The van der Waals surface area contributed by atoms with E-state index >= 15 is 0 Å². The second-order valence-corrected chi connectivity index (χ2v) is 9.22. The van der Waals surface area contributed by atoms with Crippen molar-refractivity contribution in [3.8, 4) is 0 Å². The minimum atomic E-state index is -0.315. The zero-order valence-electron chi connectivity index (χ0n) is 23.7. The summed E-state index contributed by atoms with van der Waals surface area (Å²) >= 11 is 0. The van der Waals surface area contributed by atoms with Gasteiger partial charge in [-0.1, -0.05) is 80.7 Å². The van der Waals surface area contributed by atoms with Crippen molar-refractivity contribution in [1.29, 1.82) is 0 Å². The molecule has 0 saturated carbocycles. The predicted molar refractivity (Wildman–Crippen MR) is 160 cm³/mol. The van der Waals surface area contributed by atoms with Crippen LogP contribution in [0.4, 0.5) is 0 Å². The second-order valence-electron chi connectivity index (χ2n) is 9.22. The fourth-order valence-electron chi connectivity index (χ4n) is 3.61. The van der Waals surface area contributed by atoms with Gasteiger partial charge in [-0.05, 0) is 71.3 Å². The fourth-order valence-corrected chi connectivity index (χ4v) is 3.61. The van der Waals surface area contributed by atoms with Gasteiger partial charge in [-0.25, -0.2) is 4.99 Å². The Morgan fingerprint density at radius 3 is 2.11 bits per heavy atom. The largest absolute Gasteiger partial charge is 0.394 e. The van der Waals surface area contributed by atoms with E-state index in [4.69, 9.17) is 9.84 Å². The quantitative estimate of drug-likeness (QED) is 0.138. The number of unbranched alkanes of at least 4 members (excludes halogenated alkanes) is 3. The maximum atomic E-state index is 12.2. The summed E-state index contributed by atoms with van der Waals surface area (Å²) in [6, 6.07) is 0. The van der Waals surface area contributed by atoms with E-state index in [9.17, 15) is 4.79 Å². The van der Waals surface area contributed by atoms with Crippen LogP contribution in [0.15, 0.2) is 90.4 Å². The Labute approximate surface area is 230 Å². The van der Waals surface area contributed by atoms with Crippen LogP contribution in [-0.4, -0.2) is 40.7 Å². The number of allylic oxidation sites excluding steroid dienone is 10. The van der Waals surface area contributed by atoms with Crippen LogP contribution < -0.4 is 5.32 Å². The van der Waals surface area contributed by atoms with Crippen molar-refractivity contribution in [1.82, 2.24) is 10.2 Å². The molecule has 0 bridgehead atoms. The molecule has 0 radical (unpaired) electrons. The minimum Gasteiger partial charge on any atom is -0.394 e. The lowest BCUT2D eigenvalue weighted by atomic mass is 10.1. The van der Waals surface area contributed by atoms with Crippen molar-refractivity contribution in [2.45, 2.75) is 97.3 Å². The Bertz CT molecular complexity index is 880. The third kappa shape index (κ3) is 16.7. The molecule has 2 N–H and O–H groups in total. The molecular weight excluding hydrogens is 474 g/mol. The van der Waals surface area contributed by atoms with Gasteiger partial charge in [-0.3, -0.25) is 4.79 Å². The van der Waals surface area contributed by atoms with E-state index in [-0.39, 0.29) is 24.8 Å². The highest BCUT2D eigenvalue weighted by Crippen LogP contribution is 2.16. The normalized spacial score (nSPS) is 16.1. The number of nitrogens with zero attached hydrogens (tertiary/aromatic N) is 2. The summed E-state index contributed by atoms with van der Waals surface area (Å²) in [6.45, 7) is 9.69. The molecule has 0 aromatic heterocycles. The van der Waals surface area contributed by atoms with E-state index < -0.39 is 0 Å². The highest BCUT2D eigenvalue weighted by molar-refractivity contribution is 6.05. The number of amidine groups is 1. The summed E-state index contributed by atoms with van der Waals surface area (Å²) in [5.41, 5.74) is 0. The van der Waals surface area contributed by atoms with Crippen LogP contribution in [0.25, 0.3) is 0 Å². The summed E-state index contributed by atoms with van der Waals surface area (Å²) in [6.07, 6.45) is 34.5. The van der Waals surface area contributed by atoms with Crippen LogP contribution in [0.5, 0.6) is 0 Å².